The molecule has 2 aromatic heterocycles. The van der Waals surface area contributed by atoms with E-state index in [0.717, 1.165) is 28.2 Å². The van der Waals surface area contributed by atoms with Crippen LogP contribution in [-0.2, 0) is 47.2 Å². The highest BCUT2D eigenvalue weighted by atomic mass is 32.2. The molecule has 4 amide bonds. The second kappa shape index (κ2) is 13.6. The van der Waals surface area contributed by atoms with Crippen molar-refractivity contribution in [1.29, 1.82) is 0 Å². The van der Waals surface area contributed by atoms with Crippen LogP contribution in [0.15, 0.2) is 22.6 Å². The number of carbonyl (C=O) groups excluding carboxylic acids is 5. The smallest absolute Gasteiger partial charge is 0.350 e. The molecule has 0 bridgehead atoms. The van der Waals surface area contributed by atoms with E-state index in [9.17, 15) is 39.0 Å². The molecule has 2 aromatic rings. The number of nitrogen functional groups attached to an aromatic ring is 2. The highest BCUT2D eigenvalue weighted by Crippen LogP contribution is 2.40. The number of aliphatic carboxylic acids is 2. The van der Waals surface area contributed by atoms with E-state index in [4.69, 9.17) is 22.0 Å². The maximum Gasteiger partial charge on any atom is 0.350 e. The molecule has 0 aliphatic carbocycles. The number of carboxylic acids is 2. The van der Waals surface area contributed by atoms with Crippen LogP contribution in [0.2, 0.25) is 0 Å². The monoisotopic (exact) mass is 694 g/mol. The second-order valence-electron chi connectivity index (χ2n) is 10.5. The van der Waals surface area contributed by atoms with Crippen molar-refractivity contribution >= 4 is 81.2 Å². The molecular formula is C24H30N12O9S2. The first-order valence-electron chi connectivity index (χ1n) is 13.5. The first-order chi connectivity index (χ1) is 22.1. The number of hydrogen-bond donors (Lipinski definition) is 7. The minimum absolute atomic E-state index is 0.0247. The largest absolute Gasteiger partial charge is 0.543 e. The third-order valence-electron chi connectivity index (χ3n) is 6.80. The molecule has 2 atom stereocenters. The molecule has 0 radical (unpaired) electrons. The Morgan fingerprint density at radius 1 is 1.23 bits per heavy atom. The summed E-state index contributed by atoms with van der Waals surface area (Å²) < 4.78 is 6.76. The summed E-state index contributed by atoms with van der Waals surface area (Å²) in [5, 5.41) is 31.5. The fourth-order valence-electron chi connectivity index (χ4n) is 4.22. The van der Waals surface area contributed by atoms with Gasteiger partial charge in [0, 0.05) is 35.9 Å². The fraction of sp³-hybridized carbons (Fsp3) is 0.417. The van der Waals surface area contributed by atoms with E-state index in [1.165, 1.54) is 36.5 Å². The van der Waals surface area contributed by atoms with E-state index >= 15 is 0 Å². The molecule has 0 aromatic carbocycles. The minimum atomic E-state index is -1.84. The maximum atomic E-state index is 13.2. The number of oxime groups is 1. The zero-order valence-electron chi connectivity index (χ0n) is 25.0. The van der Waals surface area contributed by atoms with Gasteiger partial charge in [0.2, 0.25) is 23.3 Å². The molecule has 10 N–H and O–H groups in total. The van der Waals surface area contributed by atoms with Crippen LogP contribution in [0, 0.1) is 0 Å². The lowest BCUT2D eigenvalue weighted by molar-refractivity contribution is -0.765. The number of β-lactam (4-membered cyclic amide) rings is 1. The van der Waals surface area contributed by atoms with Gasteiger partial charge in [-0.2, -0.15) is 9.36 Å². The van der Waals surface area contributed by atoms with Crippen molar-refractivity contribution in [3.05, 3.63) is 23.3 Å². The number of nitrogens with two attached hydrogens (primary N) is 3. The molecule has 252 valence electrons. The van der Waals surface area contributed by atoms with Gasteiger partial charge in [0.25, 0.3) is 11.8 Å². The van der Waals surface area contributed by atoms with Gasteiger partial charge in [0.05, 0.1) is 18.7 Å². The lowest BCUT2D eigenvalue weighted by atomic mass is 10.0. The van der Waals surface area contributed by atoms with Crippen molar-refractivity contribution in [2.75, 3.05) is 35.6 Å². The maximum absolute atomic E-state index is 13.2. The number of fused-ring (bicyclic) bond motifs is 1. The van der Waals surface area contributed by atoms with Gasteiger partial charge in [-0.15, -0.1) is 21.1 Å². The first kappa shape index (κ1) is 34.6. The Labute approximate surface area is 273 Å². The number of nitrogens with zero attached hydrogens (tertiary/aromatic N) is 6. The van der Waals surface area contributed by atoms with Crippen LogP contribution < -0.4 is 42.9 Å². The van der Waals surface area contributed by atoms with Crippen LogP contribution in [0.1, 0.15) is 19.7 Å². The number of thioether (sulfide) groups is 1. The summed E-state index contributed by atoms with van der Waals surface area (Å²) in [7, 11) is 1.53. The van der Waals surface area contributed by atoms with E-state index in [1.807, 2.05) is 0 Å². The number of rotatable bonds is 12. The van der Waals surface area contributed by atoms with E-state index in [1.54, 1.807) is 0 Å². The molecule has 47 heavy (non-hydrogen) atoms. The Kier molecular flexibility index (Phi) is 10.0. The van der Waals surface area contributed by atoms with Gasteiger partial charge in [-0.3, -0.25) is 24.1 Å². The minimum Gasteiger partial charge on any atom is -0.543 e. The molecule has 0 spiro atoms. The number of carbonyl (C=O) groups is 6. The lowest BCUT2D eigenvalue weighted by Crippen LogP contribution is -2.71. The number of hydrogen-bond acceptors (Lipinski definition) is 16. The van der Waals surface area contributed by atoms with Crippen molar-refractivity contribution in [2.45, 2.75) is 37.4 Å². The van der Waals surface area contributed by atoms with Crippen LogP contribution in [0.3, 0.4) is 0 Å². The Morgan fingerprint density at radius 2 is 1.94 bits per heavy atom. The Morgan fingerprint density at radius 3 is 2.53 bits per heavy atom. The molecule has 2 aliphatic rings. The highest BCUT2D eigenvalue weighted by molar-refractivity contribution is 8.00. The van der Waals surface area contributed by atoms with Gasteiger partial charge >= 0.3 is 17.8 Å². The molecule has 2 aliphatic heterocycles. The fourth-order valence-corrected chi connectivity index (χ4v) is 5.99. The van der Waals surface area contributed by atoms with E-state index in [-0.39, 0.29) is 53.4 Å². The topological polar surface area (TPSA) is 319 Å². The van der Waals surface area contributed by atoms with Gasteiger partial charge in [-0.25, -0.2) is 4.79 Å². The van der Waals surface area contributed by atoms with Crippen molar-refractivity contribution in [2.24, 2.45) is 17.9 Å². The van der Waals surface area contributed by atoms with Crippen molar-refractivity contribution < 1.29 is 48.5 Å². The third-order valence-corrected chi connectivity index (χ3v) is 8.68. The molecular weight excluding hydrogens is 664 g/mol. The Hall–Kier alpha value is -5.29. The van der Waals surface area contributed by atoms with Gasteiger partial charge < -0.3 is 53.0 Å². The molecule has 4 rings (SSSR count). The highest BCUT2D eigenvalue weighted by Gasteiger charge is 2.53. The molecule has 0 unspecified atom stereocenters. The Bertz CT molecular complexity index is 1720. The molecule has 4 heterocycles. The summed E-state index contributed by atoms with van der Waals surface area (Å²) in [6.45, 7) is 2.49. The Balaban J connectivity index is 1.53. The quantitative estimate of drug-likeness (QED) is 0.0360. The normalized spacial score (nSPS) is 17.8. The second-order valence-corrected chi connectivity index (χ2v) is 12.3. The van der Waals surface area contributed by atoms with Crippen LogP contribution in [0.25, 0.3) is 0 Å². The summed E-state index contributed by atoms with van der Waals surface area (Å²) in [6.07, 6.45) is 1.38. The number of aromatic nitrogens is 4. The first-order valence-corrected chi connectivity index (χ1v) is 15.3. The van der Waals surface area contributed by atoms with Gasteiger partial charge in [-0.05, 0) is 13.8 Å². The van der Waals surface area contributed by atoms with E-state index in [0.29, 0.717) is 0 Å². The zero-order chi connectivity index (χ0) is 34.8. The average molecular weight is 695 g/mol. The summed E-state index contributed by atoms with van der Waals surface area (Å²) in [5.41, 5.74) is 14.5. The predicted octanol–water partition coefficient (Wildman–Crippen LogP) is -4.97. The van der Waals surface area contributed by atoms with Crippen LogP contribution in [0.5, 0.6) is 0 Å². The van der Waals surface area contributed by atoms with E-state index < -0.39 is 64.0 Å². The SMILES string of the molecule is Cn1c(N)c(NC(=O)C(=O)NCCN)c[n+]1CC1=C(C(=O)[O-])N2C(=O)[C@@H](NC(=O)/C(=N\OC(C)(C)C(=O)O)c3nsc(N)n3)[C@H]2SC1. The average Bonchev–Trinajstić information content (AvgIpc) is 3.55. The molecule has 1 saturated heterocycles. The number of anilines is 3. The summed E-state index contributed by atoms with van der Waals surface area (Å²) in [4.78, 5) is 84.3. The molecule has 23 heteroatoms. The molecule has 0 saturated carbocycles. The van der Waals surface area contributed by atoms with Gasteiger partial charge in [0.15, 0.2) is 23.2 Å². The molecule has 21 nitrogen and oxygen atoms in total. The number of carboxylic acid groups (broad SMARTS) is 2. The lowest BCUT2D eigenvalue weighted by Gasteiger charge is -2.50. The van der Waals surface area contributed by atoms with Gasteiger partial charge in [0.1, 0.15) is 11.4 Å². The van der Waals surface area contributed by atoms with Crippen molar-refractivity contribution in [3.63, 3.8) is 0 Å². The van der Waals surface area contributed by atoms with Gasteiger partial charge in [-0.1, -0.05) is 5.16 Å². The van der Waals surface area contributed by atoms with Crippen molar-refractivity contribution in [3.8, 4) is 0 Å². The number of amides is 4. The zero-order valence-corrected chi connectivity index (χ0v) is 26.6. The predicted molar refractivity (Wildman–Crippen MR) is 161 cm³/mol. The van der Waals surface area contributed by atoms with E-state index in [2.05, 4.69) is 30.5 Å². The standard InChI is InChI=1S/C24H30N12O9S2/c1-24(2,22(43)44)45-32-11(15-31-23(27)47-33-15)16(37)30-12-19(40)36-13(21(41)42)9(8-46-20(12)36)6-35-7-10(14(26)34(35)3)29-18(39)17(38)28-5-4-25/h7,12,20,26H,4-6,8,25H2,1-3H3,(H7,27,28,29,30,31,33,37,38,39,41,42,43,44)/b32-11-/t12-,20-/m1/s1. The summed E-state index contributed by atoms with van der Waals surface area (Å²) in [5.74, 6) is -6.89. The summed E-state index contributed by atoms with van der Waals surface area (Å²) >= 11 is 1.88. The van der Waals surface area contributed by atoms with Crippen LogP contribution >= 0.6 is 23.3 Å². The summed E-state index contributed by atoms with van der Waals surface area (Å²) in [6, 6.07) is -1.22. The third kappa shape index (κ3) is 7.10. The van der Waals surface area contributed by atoms with Crippen LogP contribution in [0.4, 0.5) is 16.6 Å². The number of nitrogens with one attached hydrogen (secondary N) is 3. The molecule has 1 fully saturated rings. The van der Waals surface area contributed by atoms with Crippen LogP contribution in [-0.4, -0.2) is 101 Å². The van der Waals surface area contributed by atoms with Crippen molar-refractivity contribution in [1.82, 2.24) is 29.6 Å².